The van der Waals surface area contributed by atoms with Crippen molar-refractivity contribution >= 4 is 17.4 Å². The normalized spacial score (nSPS) is 11.2. The fourth-order valence-electron chi connectivity index (χ4n) is 2.70. The van der Waals surface area contributed by atoms with Gasteiger partial charge in [0.05, 0.1) is 7.11 Å². The van der Waals surface area contributed by atoms with Gasteiger partial charge >= 0.3 is 0 Å². The van der Waals surface area contributed by atoms with Gasteiger partial charge in [-0.3, -0.25) is 4.79 Å². The van der Waals surface area contributed by atoms with Crippen LogP contribution in [0, 0.1) is 0 Å². The quantitative estimate of drug-likeness (QED) is 0.457. The van der Waals surface area contributed by atoms with Gasteiger partial charge in [-0.1, -0.05) is 66.7 Å². The number of rotatable bonds is 5. The van der Waals surface area contributed by atoms with E-state index in [9.17, 15) is 4.79 Å². The first kappa shape index (κ1) is 16.7. The molecule has 0 spiro atoms. The first-order valence-electron chi connectivity index (χ1n) is 8.20. The second-order valence-corrected chi connectivity index (χ2v) is 5.83. The zero-order valence-corrected chi connectivity index (χ0v) is 14.4. The van der Waals surface area contributed by atoms with Crippen LogP contribution in [0.2, 0.25) is 0 Å². The molecule has 0 aliphatic heterocycles. The molecule has 0 aliphatic rings. The zero-order chi connectivity index (χ0) is 17.6. The maximum Gasteiger partial charge on any atom is 0.159 e. The van der Waals surface area contributed by atoms with Crippen LogP contribution in [-0.2, 0) is 0 Å². The third-order valence-electron chi connectivity index (χ3n) is 4.11. The summed E-state index contributed by atoms with van der Waals surface area (Å²) < 4.78 is 5.26. The van der Waals surface area contributed by atoms with Crippen LogP contribution in [0.1, 0.15) is 34.0 Å². The fourth-order valence-corrected chi connectivity index (χ4v) is 2.70. The van der Waals surface area contributed by atoms with Crippen molar-refractivity contribution < 1.29 is 9.53 Å². The molecule has 2 heteroatoms. The van der Waals surface area contributed by atoms with E-state index in [2.05, 4.69) is 18.2 Å². The Morgan fingerprint density at radius 2 is 1.28 bits per heavy atom. The Balaban J connectivity index is 2.07. The molecule has 0 aliphatic carbocycles. The third kappa shape index (κ3) is 4.04. The molecule has 3 rings (SSSR count). The minimum Gasteiger partial charge on any atom is -0.497 e. The van der Waals surface area contributed by atoms with E-state index >= 15 is 0 Å². The van der Waals surface area contributed by atoms with Crippen molar-refractivity contribution in [2.24, 2.45) is 0 Å². The predicted octanol–water partition coefficient (Wildman–Crippen LogP) is 5.49. The molecule has 0 heterocycles. The van der Waals surface area contributed by atoms with Gasteiger partial charge in [-0.05, 0) is 47.4 Å². The van der Waals surface area contributed by atoms with Crippen LogP contribution in [0.15, 0.2) is 78.9 Å². The van der Waals surface area contributed by atoms with Gasteiger partial charge in [-0.15, -0.1) is 0 Å². The second-order valence-electron chi connectivity index (χ2n) is 5.83. The third-order valence-corrected chi connectivity index (χ3v) is 4.11. The number of benzene rings is 3. The van der Waals surface area contributed by atoms with E-state index < -0.39 is 0 Å². The summed E-state index contributed by atoms with van der Waals surface area (Å²) in [6, 6.07) is 26.0. The van der Waals surface area contributed by atoms with Crippen molar-refractivity contribution in [2.75, 3.05) is 7.11 Å². The molecule has 0 fully saturated rings. The van der Waals surface area contributed by atoms with Crippen molar-refractivity contribution in [2.45, 2.75) is 6.92 Å². The molecular weight excluding hydrogens is 308 g/mol. The highest BCUT2D eigenvalue weighted by atomic mass is 16.5. The minimum atomic E-state index is 0.0737. The maximum atomic E-state index is 11.5. The fraction of sp³-hybridized carbons (Fsp3) is 0.0870. The monoisotopic (exact) mass is 328 g/mol. The number of ketones is 1. The number of ether oxygens (including phenoxy) is 1. The Bertz CT molecular complexity index is 874. The second kappa shape index (κ2) is 7.63. The first-order valence-corrected chi connectivity index (χ1v) is 8.20. The molecular formula is C23H20O2. The topological polar surface area (TPSA) is 26.3 Å². The van der Waals surface area contributed by atoms with E-state index in [1.165, 1.54) is 0 Å². The highest BCUT2D eigenvalue weighted by Crippen LogP contribution is 2.28. The SMILES string of the molecule is COc1ccc(/C(=C/c2ccccc2)c2ccc(C(C)=O)cc2)cc1. The molecule has 0 radical (unpaired) electrons. The summed E-state index contributed by atoms with van der Waals surface area (Å²) >= 11 is 0. The van der Waals surface area contributed by atoms with Crippen LogP contribution >= 0.6 is 0 Å². The number of carbonyl (C=O) groups is 1. The lowest BCUT2D eigenvalue weighted by Crippen LogP contribution is -1.94. The van der Waals surface area contributed by atoms with Crippen molar-refractivity contribution in [3.05, 3.63) is 101 Å². The molecule has 0 aromatic heterocycles. The van der Waals surface area contributed by atoms with E-state index in [0.717, 1.165) is 33.6 Å². The van der Waals surface area contributed by atoms with Gasteiger partial charge in [0.15, 0.2) is 5.78 Å². The summed E-state index contributed by atoms with van der Waals surface area (Å²) in [5, 5.41) is 0. The average Bonchev–Trinajstić information content (AvgIpc) is 2.67. The molecule has 0 amide bonds. The van der Waals surface area contributed by atoms with Crippen LogP contribution in [0.25, 0.3) is 11.6 Å². The molecule has 0 saturated heterocycles. The standard InChI is InChI=1S/C23H20O2/c1-17(24)19-8-10-20(11-9-19)23(16-18-6-4-3-5-7-18)21-12-14-22(25-2)15-13-21/h3-16H,1-2H3/b23-16+. The lowest BCUT2D eigenvalue weighted by molar-refractivity contribution is 0.101. The number of hydrogen-bond donors (Lipinski definition) is 0. The Labute approximate surface area is 148 Å². The van der Waals surface area contributed by atoms with Crippen molar-refractivity contribution in [1.29, 1.82) is 0 Å². The number of methoxy groups -OCH3 is 1. The van der Waals surface area contributed by atoms with E-state index in [-0.39, 0.29) is 5.78 Å². The highest BCUT2D eigenvalue weighted by Gasteiger charge is 2.07. The molecule has 124 valence electrons. The Morgan fingerprint density at radius 3 is 1.80 bits per heavy atom. The number of carbonyl (C=O) groups excluding carboxylic acids is 1. The van der Waals surface area contributed by atoms with E-state index in [4.69, 9.17) is 4.74 Å². The van der Waals surface area contributed by atoms with Gasteiger partial charge in [0.2, 0.25) is 0 Å². The number of hydrogen-bond acceptors (Lipinski definition) is 2. The minimum absolute atomic E-state index is 0.0737. The van der Waals surface area contributed by atoms with E-state index in [0.29, 0.717) is 0 Å². The Kier molecular flexibility index (Phi) is 5.10. The van der Waals surface area contributed by atoms with E-state index in [1.807, 2.05) is 66.7 Å². The van der Waals surface area contributed by atoms with Gasteiger partial charge in [-0.25, -0.2) is 0 Å². The molecule has 25 heavy (non-hydrogen) atoms. The van der Waals surface area contributed by atoms with Crippen LogP contribution in [0.3, 0.4) is 0 Å². The molecule has 3 aromatic carbocycles. The molecule has 0 atom stereocenters. The molecule has 0 unspecified atom stereocenters. The van der Waals surface area contributed by atoms with Crippen molar-refractivity contribution in [3.63, 3.8) is 0 Å². The van der Waals surface area contributed by atoms with E-state index in [1.54, 1.807) is 14.0 Å². The summed E-state index contributed by atoms with van der Waals surface area (Å²) in [6.45, 7) is 1.58. The Morgan fingerprint density at radius 1 is 0.760 bits per heavy atom. The van der Waals surface area contributed by atoms with Gasteiger partial charge in [0.25, 0.3) is 0 Å². The van der Waals surface area contributed by atoms with Gasteiger partial charge < -0.3 is 4.74 Å². The van der Waals surface area contributed by atoms with Gasteiger partial charge in [0.1, 0.15) is 5.75 Å². The van der Waals surface area contributed by atoms with Crippen LogP contribution in [0.5, 0.6) is 5.75 Å². The van der Waals surface area contributed by atoms with Crippen LogP contribution in [0.4, 0.5) is 0 Å². The molecule has 0 bridgehead atoms. The average molecular weight is 328 g/mol. The largest absolute Gasteiger partial charge is 0.497 e. The van der Waals surface area contributed by atoms with Crippen LogP contribution < -0.4 is 4.74 Å². The summed E-state index contributed by atoms with van der Waals surface area (Å²) in [7, 11) is 1.66. The zero-order valence-electron chi connectivity index (χ0n) is 14.4. The highest BCUT2D eigenvalue weighted by molar-refractivity contribution is 5.96. The lowest BCUT2D eigenvalue weighted by Gasteiger charge is -2.11. The molecule has 2 nitrogen and oxygen atoms in total. The summed E-state index contributed by atoms with van der Waals surface area (Å²) in [5.74, 6) is 0.902. The van der Waals surface area contributed by atoms with Gasteiger partial charge in [0, 0.05) is 5.56 Å². The van der Waals surface area contributed by atoms with Crippen LogP contribution in [-0.4, -0.2) is 12.9 Å². The van der Waals surface area contributed by atoms with Crippen molar-refractivity contribution in [1.82, 2.24) is 0 Å². The summed E-state index contributed by atoms with van der Waals surface area (Å²) in [5.41, 5.74) is 5.12. The molecule has 3 aromatic rings. The maximum absolute atomic E-state index is 11.5. The number of Topliss-reactive ketones (excluding diaryl/α,β-unsaturated/α-hetero) is 1. The molecule has 0 saturated carbocycles. The summed E-state index contributed by atoms with van der Waals surface area (Å²) in [6.07, 6.45) is 2.16. The summed E-state index contributed by atoms with van der Waals surface area (Å²) in [4.78, 5) is 11.5. The first-order chi connectivity index (χ1) is 12.2. The van der Waals surface area contributed by atoms with Gasteiger partial charge in [-0.2, -0.15) is 0 Å². The smallest absolute Gasteiger partial charge is 0.159 e. The lowest BCUT2D eigenvalue weighted by atomic mass is 9.94. The molecule has 0 N–H and O–H groups in total. The Hall–Kier alpha value is -3.13. The predicted molar refractivity (Wildman–Crippen MR) is 103 cm³/mol. The van der Waals surface area contributed by atoms with Crippen molar-refractivity contribution in [3.8, 4) is 5.75 Å².